The summed E-state index contributed by atoms with van der Waals surface area (Å²) in [5, 5.41) is 8.96. The third kappa shape index (κ3) is 3.61. The first-order valence-corrected chi connectivity index (χ1v) is 10.8. The van der Waals surface area contributed by atoms with Crippen molar-refractivity contribution in [2.45, 2.75) is 37.5 Å². The summed E-state index contributed by atoms with van der Waals surface area (Å²) in [5.41, 5.74) is 2.70. The summed E-state index contributed by atoms with van der Waals surface area (Å²) in [6.45, 7) is 2.78. The molecule has 0 aliphatic carbocycles. The molecule has 3 aromatic rings. The zero-order chi connectivity index (χ0) is 20.7. The third-order valence-corrected chi connectivity index (χ3v) is 6.69. The van der Waals surface area contributed by atoms with E-state index < -0.39 is 0 Å². The van der Waals surface area contributed by atoms with Crippen LogP contribution in [-0.4, -0.2) is 70.8 Å². The van der Waals surface area contributed by atoms with Crippen LogP contribution in [0.5, 0.6) is 0 Å². The molecule has 0 spiro atoms. The number of aromatic nitrogens is 2. The summed E-state index contributed by atoms with van der Waals surface area (Å²) in [7, 11) is 4.41. The van der Waals surface area contributed by atoms with Crippen molar-refractivity contribution in [3.05, 3.63) is 65.9 Å². The average molecular weight is 404 g/mol. The highest BCUT2D eigenvalue weighted by atomic mass is 16.2. The number of rotatable bonds is 4. The fourth-order valence-electron chi connectivity index (χ4n) is 5.13. The van der Waals surface area contributed by atoms with Gasteiger partial charge in [-0.3, -0.25) is 14.4 Å². The molecule has 2 unspecified atom stereocenters. The molecular formula is C24H29N5O. The van der Waals surface area contributed by atoms with Crippen molar-refractivity contribution in [1.29, 1.82) is 0 Å². The fraction of sp³-hybridized carbons (Fsp3) is 0.417. The number of hydrogen-bond donors (Lipinski definition) is 1. The van der Waals surface area contributed by atoms with Crippen molar-refractivity contribution in [2.75, 3.05) is 27.2 Å². The Kier molecular flexibility index (Phi) is 5.05. The van der Waals surface area contributed by atoms with Crippen LogP contribution in [0.4, 0.5) is 0 Å². The van der Waals surface area contributed by atoms with Crippen LogP contribution < -0.4 is 5.32 Å². The van der Waals surface area contributed by atoms with Crippen LogP contribution >= 0.6 is 0 Å². The monoisotopic (exact) mass is 403 g/mol. The summed E-state index contributed by atoms with van der Waals surface area (Å²) >= 11 is 0. The van der Waals surface area contributed by atoms with Gasteiger partial charge in [0.05, 0.1) is 12.1 Å². The Hall–Kier alpha value is -2.70. The molecule has 30 heavy (non-hydrogen) atoms. The van der Waals surface area contributed by atoms with Gasteiger partial charge < -0.3 is 10.2 Å². The molecule has 2 aliphatic heterocycles. The van der Waals surface area contributed by atoms with Gasteiger partial charge in [0.15, 0.2) is 5.69 Å². The minimum Gasteiger partial charge on any atom is -0.348 e. The lowest BCUT2D eigenvalue weighted by atomic mass is 9.88. The summed E-state index contributed by atoms with van der Waals surface area (Å²) in [6, 6.07) is 19.5. The number of likely N-dealkylation sites (tertiary alicyclic amines) is 1. The van der Waals surface area contributed by atoms with Gasteiger partial charge in [0.1, 0.15) is 0 Å². The molecule has 1 aromatic heterocycles. The standard InChI is InChI=1S/C24H29N5O/c1-27-15-19-12-18(13-20(16-27)28(19)2)25-24(30)23-21-10-6-7-11-22(21)29(26-23)14-17-8-4-3-5-9-17/h3-11,18-20H,12-16H2,1-2H3,(H,25,30). The Bertz CT molecular complexity index is 1030. The van der Waals surface area contributed by atoms with Crippen molar-refractivity contribution < 1.29 is 4.79 Å². The molecule has 2 fully saturated rings. The lowest BCUT2D eigenvalue weighted by Crippen LogP contribution is -2.63. The number of piperazine rings is 1. The van der Waals surface area contributed by atoms with E-state index in [0.717, 1.165) is 36.8 Å². The minimum atomic E-state index is -0.0565. The van der Waals surface area contributed by atoms with Crippen molar-refractivity contribution in [2.24, 2.45) is 0 Å². The van der Waals surface area contributed by atoms with Crippen LogP contribution in [0.2, 0.25) is 0 Å². The maximum Gasteiger partial charge on any atom is 0.272 e. The minimum absolute atomic E-state index is 0.0565. The van der Waals surface area contributed by atoms with Gasteiger partial charge in [0.25, 0.3) is 5.91 Å². The van der Waals surface area contributed by atoms with Gasteiger partial charge in [-0.25, -0.2) is 0 Å². The van der Waals surface area contributed by atoms with E-state index in [1.54, 1.807) is 0 Å². The van der Waals surface area contributed by atoms with E-state index in [2.05, 4.69) is 41.3 Å². The van der Waals surface area contributed by atoms with E-state index >= 15 is 0 Å². The number of para-hydroxylation sites is 1. The second-order valence-electron chi connectivity index (χ2n) is 8.85. The van der Waals surface area contributed by atoms with Crippen LogP contribution in [0.15, 0.2) is 54.6 Å². The summed E-state index contributed by atoms with van der Waals surface area (Å²) in [4.78, 5) is 18.1. The van der Waals surface area contributed by atoms with E-state index in [-0.39, 0.29) is 11.9 Å². The lowest BCUT2D eigenvalue weighted by Gasteiger charge is -2.50. The predicted octanol–water partition coefficient (Wildman–Crippen LogP) is 2.59. The first-order chi connectivity index (χ1) is 14.6. The number of carbonyl (C=O) groups excluding carboxylic acids is 1. The number of nitrogens with zero attached hydrogens (tertiary/aromatic N) is 4. The first kappa shape index (κ1) is 19.3. The van der Waals surface area contributed by atoms with Gasteiger partial charge in [-0.05, 0) is 38.6 Å². The molecular weight excluding hydrogens is 374 g/mol. The molecule has 3 heterocycles. The molecule has 2 saturated heterocycles. The van der Waals surface area contributed by atoms with E-state index in [4.69, 9.17) is 5.10 Å². The number of likely N-dealkylation sites (N-methyl/N-ethyl adjacent to an activating group) is 2. The van der Waals surface area contributed by atoms with Crippen LogP contribution in [0.3, 0.4) is 0 Å². The zero-order valence-corrected chi connectivity index (χ0v) is 17.7. The SMILES string of the molecule is CN1CC2CC(NC(=O)c3nn(Cc4ccccc4)c4ccccc34)CC(C1)N2C. The summed E-state index contributed by atoms with van der Waals surface area (Å²) in [6.07, 6.45) is 1.98. The van der Waals surface area contributed by atoms with Gasteiger partial charge in [-0.1, -0.05) is 48.5 Å². The van der Waals surface area contributed by atoms with Crippen LogP contribution in [0.25, 0.3) is 10.9 Å². The molecule has 5 rings (SSSR count). The van der Waals surface area contributed by atoms with Crippen molar-refractivity contribution in [3.63, 3.8) is 0 Å². The number of piperidine rings is 1. The second-order valence-corrected chi connectivity index (χ2v) is 8.85. The van der Waals surface area contributed by atoms with E-state index in [9.17, 15) is 4.79 Å². The number of fused-ring (bicyclic) bond motifs is 3. The van der Waals surface area contributed by atoms with Crippen molar-refractivity contribution in [3.8, 4) is 0 Å². The maximum atomic E-state index is 13.2. The van der Waals surface area contributed by atoms with E-state index in [0.29, 0.717) is 24.3 Å². The first-order valence-electron chi connectivity index (χ1n) is 10.8. The fourth-order valence-corrected chi connectivity index (χ4v) is 5.13. The van der Waals surface area contributed by atoms with E-state index in [1.807, 2.05) is 47.1 Å². The van der Waals surface area contributed by atoms with Gasteiger partial charge >= 0.3 is 0 Å². The van der Waals surface area contributed by atoms with Gasteiger partial charge in [0, 0.05) is 36.6 Å². The van der Waals surface area contributed by atoms with Crippen molar-refractivity contribution >= 4 is 16.8 Å². The normalized spacial score (nSPS) is 24.8. The molecule has 6 nitrogen and oxygen atoms in total. The Morgan fingerprint density at radius 3 is 2.40 bits per heavy atom. The van der Waals surface area contributed by atoms with Gasteiger partial charge in [-0.15, -0.1) is 0 Å². The molecule has 156 valence electrons. The second kappa shape index (κ2) is 7.85. The molecule has 2 aliphatic rings. The average Bonchev–Trinajstić information content (AvgIpc) is 3.09. The molecule has 1 amide bonds. The lowest BCUT2D eigenvalue weighted by molar-refractivity contribution is 0.00837. The highest BCUT2D eigenvalue weighted by Gasteiger charge is 2.38. The zero-order valence-electron chi connectivity index (χ0n) is 17.7. The quantitative estimate of drug-likeness (QED) is 0.728. The number of amides is 1. The predicted molar refractivity (Wildman–Crippen MR) is 119 cm³/mol. The Morgan fingerprint density at radius 2 is 1.67 bits per heavy atom. The smallest absolute Gasteiger partial charge is 0.272 e. The Morgan fingerprint density at radius 1 is 1.00 bits per heavy atom. The third-order valence-electron chi connectivity index (χ3n) is 6.69. The molecule has 2 atom stereocenters. The largest absolute Gasteiger partial charge is 0.348 e. The summed E-state index contributed by atoms with van der Waals surface area (Å²) < 4.78 is 1.94. The number of benzene rings is 2. The molecule has 2 aromatic carbocycles. The number of nitrogens with one attached hydrogen (secondary N) is 1. The number of carbonyl (C=O) groups is 1. The molecule has 0 radical (unpaired) electrons. The highest BCUT2D eigenvalue weighted by molar-refractivity contribution is 6.05. The Labute approximate surface area is 177 Å². The summed E-state index contributed by atoms with van der Waals surface area (Å²) in [5.74, 6) is -0.0565. The van der Waals surface area contributed by atoms with Gasteiger partial charge in [0.2, 0.25) is 0 Å². The molecule has 0 saturated carbocycles. The maximum absolute atomic E-state index is 13.2. The van der Waals surface area contributed by atoms with Crippen LogP contribution in [-0.2, 0) is 6.54 Å². The van der Waals surface area contributed by atoms with Crippen LogP contribution in [0.1, 0.15) is 28.9 Å². The van der Waals surface area contributed by atoms with E-state index in [1.165, 1.54) is 5.56 Å². The number of hydrogen-bond acceptors (Lipinski definition) is 4. The van der Waals surface area contributed by atoms with Crippen LogP contribution in [0, 0.1) is 0 Å². The topological polar surface area (TPSA) is 53.4 Å². The molecule has 1 N–H and O–H groups in total. The van der Waals surface area contributed by atoms with Gasteiger partial charge in [-0.2, -0.15) is 5.10 Å². The Balaban J connectivity index is 1.38. The highest BCUT2D eigenvalue weighted by Crippen LogP contribution is 2.27. The van der Waals surface area contributed by atoms with Crippen molar-refractivity contribution in [1.82, 2.24) is 24.9 Å². The molecule has 6 heteroatoms. The molecule has 2 bridgehead atoms.